The smallest absolute Gasteiger partial charge is 0.133 e. The summed E-state index contributed by atoms with van der Waals surface area (Å²) in [7, 11) is 0. The summed E-state index contributed by atoms with van der Waals surface area (Å²) in [6, 6.07) is 15.7. The zero-order valence-electron chi connectivity index (χ0n) is 8.42. The zero-order valence-corrected chi connectivity index (χ0v) is 8.42. The van der Waals surface area contributed by atoms with Gasteiger partial charge in [0.15, 0.2) is 0 Å². The van der Waals surface area contributed by atoms with Crippen molar-refractivity contribution >= 4 is 0 Å². The van der Waals surface area contributed by atoms with E-state index in [1.807, 2.05) is 36.4 Å². The number of rotatable bonds is 2. The normalized spacial score (nSPS) is 9.44. The van der Waals surface area contributed by atoms with E-state index in [0.29, 0.717) is 11.5 Å². The van der Waals surface area contributed by atoms with Crippen molar-refractivity contribution < 1.29 is 9.84 Å². The van der Waals surface area contributed by atoms with E-state index in [0.717, 1.165) is 0 Å². The van der Waals surface area contributed by atoms with Crippen LogP contribution in [0, 0.1) is 11.3 Å². The Morgan fingerprint density at radius 3 is 2.44 bits per heavy atom. The summed E-state index contributed by atoms with van der Waals surface area (Å²) in [5.74, 6) is 1.18. The molecule has 0 aliphatic carbocycles. The average molecular weight is 211 g/mol. The Labute approximate surface area is 93.2 Å². The molecular weight excluding hydrogens is 202 g/mol. The minimum Gasteiger partial charge on any atom is -0.507 e. The lowest BCUT2D eigenvalue weighted by molar-refractivity contribution is 0.463. The molecule has 78 valence electrons. The Bertz CT molecular complexity index is 529. The third-order valence-electron chi connectivity index (χ3n) is 2.07. The van der Waals surface area contributed by atoms with E-state index in [1.54, 1.807) is 6.07 Å². The van der Waals surface area contributed by atoms with Gasteiger partial charge in [-0.1, -0.05) is 18.2 Å². The van der Waals surface area contributed by atoms with Crippen LogP contribution in [0.1, 0.15) is 5.56 Å². The van der Waals surface area contributed by atoms with Gasteiger partial charge in [0.25, 0.3) is 0 Å². The number of hydrogen-bond donors (Lipinski definition) is 1. The van der Waals surface area contributed by atoms with Crippen molar-refractivity contribution in [3.8, 4) is 23.3 Å². The van der Waals surface area contributed by atoms with Crippen molar-refractivity contribution in [1.29, 1.82) is 5.26 Å². The molecule has 3 heteroatoms. The van der Waals surface area contributed by atoms with E-state index in [2.05, 4.69) is 0 Å². The van der Waals surface area contributed by atoms with Crippen LogP contribution in [0.15, 0.2) is 48.5 Å². The fourth-order valence-corrected chi connectivity index (χ4v) is 1.29. The number of nitrogens with zero attached hydrogens (tertiary/aromatic N) is 1. The largest absolute Gasteiger partial charge is 0.507 e. The van der Waals surface area contributed by atoms with Crippen molar-refractivity contribution in [3.05, 3.63) is 54.1 Å². The molecule has 0 unspecified atom stereocenters. The molecule has 0 bridgehead atoms. The highest BCUT2D eigenvalue weighted by Gasteiger charge is 2.03. The van der Waals surface area contributed by atoms with Gasteiger partial charge in [0.1, 0.15) is 23.3 Å². The average Bonchev–Trinajstić information content (AvgIpc) is 2.33. The maximum absolute atomic E-state index is 9.32. The van der Waals surface area contributed by atoms with Crippen LogP contribution in [0.4, 0.5) is 0 Å². The highest BCUT2D eigenvalue weighted by molar-refractivity contribution is 5.47. The summed E-state index contributed by atoms with van der Waals surface area (Å²) in [6.45, 7) is 0. The Kier molecular flexibility index (Phi) is 2.75. The molecule has 0 aliphatic heterocycles. The molecule has 0 atom stereocenters. The highest BCUT2D eigenvalue weighted by Crippen LogP contribution is 2.26. The molecule has 0 aliphatic rings. The van der Waals surface area contributed by atoms with Crippen molar-refractivity contribution in [2.24, 2.45) is 0 Å². The van der Waals surface area contributed by atoms with Crippen LogP contribution in [0.5, 0.6) is 17.2 Å². The standard InChI is InChI=1S/C13H9NO2/c14-9-10-8-12(6-7-13(10)15)16-11-4-2-1-3-5-11/h1-8,15H. The van der Waals surface area contributed by atoms with Crippen LogP contribution in [0.25, 0.3) is 0 Å². The van der Waals surface area contributed by atoms with E-state index >= 15 is 0 Å². The summed E-state index contributed by atoms with van der Waals surface area (Å²) >= 11 is 0. The van der Waals surface area contributed by atoms with Gasteiger partial charge in [0.2, 0.25) is 0 Å². The van der Waals surface area contributed by atoms with Gasteiger partial charge < -0.3 is 9.84 Å². The number of phenolic OH excluding ortho intramolecular Hbond substituents is 1. The Hall–Kier alpha value is -2.47. The van der Waals surface area contributed by atoms with Crippen LogP contribution < -0.4 is 4.74 Å². The molecule has 0 aromatic heterocycles. The third-order valence-corrected chi connectivity index (χ3v) is 2.07. The van der Waals surface area contributed by atoms with E-state index in [9.17, 15) is 5.11 Å². The van der Waals surface area contributed by atoms with E-state index < -0.39 is 0 Å². The number of hydrogen-bond acceptors (Lipinski definition) is 3. The van der Waals surface area contributed by atoms with Gasteiger partial charge in [-0.05, 0) is 24.3 Å². The van der Waals surface area contributed by atoms with Gasteiger partial charge in [0, 0.05) is 6.07 Å². The van der Waals surface area contributed by atoms with Gasteiger partial charge in [-0.3, -0.25) is 0 Å². The summed E-state index contributed by atoms with van der Waals surface area (Å²) in [4.78, 5) is 0. The third kappa shape index (κ3) is 2.12. The second-order valence-corrected chi connectivity index (χ2v) is 3.21. The van der Waals surface area contributed by atoms with Crippen LogP contribution in [0.3, 0.4) is 0 Å². The maximum Gasteiger partial charge on any atom is 0.133 e. The number of phenols is 1. The molecule has 0 fully saturated rings. The first-order chi connectivity index (χ1) is 7.79. The molecule has 2 aromatic rings. The molecule has 0 saturated heterocycles. The second-order valence-electron chi connectivity index (χ2n) is 3.21. The molecule has 1 N–H and O–H groups in total. The van der Waals surface area contributed by atoms with Gasteiger partial charge in [-0.25, -0.2) is 0 Å². The van der Waals surface area contributed by atoms with E-state index in [1.165, 1.54) is 12.1 Å². The number of aromatic hydroxyl groups is 1. The summed E-state index contributed by atoms with van der Waals surface area (Å²) in [5.41, 5.74) is 0.202. The lowest BCUT2D eigenvalue weighted by Gasteiger charge is -2.05. The first-order valence-corrected chi connectivity index (χ1v) is 4.75. The number of benzene rings is 2. The molecular formula is C13H9NO2. The Morgan fingerprint density at radius 2 is 1.75 bits per heavy atom. The second kappa shape index (κ2) is 4.37. The maximum atomic E-state index is 9.32. The first kappa shape index (κ1) is 10.1. The highest BCUT2D eigenvalue weighted by atomic mass is 16.5. The molecule has 0 amide bonds. The minimum atomic E-state index is -0.0390. The summed E-state index contributed by atoms with van der Waals surface area (Å²) < 4.78 is 5.51. The molecule has 16 heavy (non-hydrogen) atoms. The van der Waals surface area contributed by atoms with E-state index in [4.69, 9.17) is 10.00 Å². The lowest BCUT2D eigenvalue weighted by atomic mass is 10.2. The molecule has 0 radical (unpaired) electrons. The van der Waals surface area contributed by atoms with Crippen LogP contribution >= 0.6 is 0 Å². The van der Waals surface area contributed by atoms with Gasteiger partial charge in [0.05, 0.1) is 5.56 Å². The molecule has 0 heterocycles. The summed E-state index contributed by atoms with van der Waals surface area (Å²) in [5, 5.41) is 18.1. The predicted molar refractivity (Wildman–Crippen MR) is 59.3 cm³/mol. The van der Waals surface area contributed by atoms with Crippen LogP contribution in [-0.2, 0) is 0 Å². The number of para-hydroxylation sites is 1. The SMILES string of the molecule is N#Cc1cc(Oc2ccccc2)ccc1O. The van der Waals surface area contributed by atoms with Gasteiger partial charge >= 0.3 is 0 Å². The fourth-order valence-electron chi connectivity index (χ4n) is 1.29. The number of nitriles is 1. The van der Waals surface area contributed by atoms with Crippen molar-refractivity contribution in [1.82, 2.24) is 0 Å². The Morgan fingerprint density at radius 1 is 1.00 bits per heavy atom. The topological polar surface area (TPSA) is 53.2 Å². The molecule has 0 spiro atoms. The molecule has 2 rings (SSSR count). The van der Waals surface area contributed by atoms with Crippen molar-refractivity contribution in [3.63, 3.8) is 0 Å². The van der Waals surface area contributed by atoms with Gasteiger partial charge in [-0.2, -0.15) is 5.26 Å². The number of ether oxygens (including phenoxy) is 1. The van der Waals surface area contributed by atoms with Crippen LogP contribution in [-0.4, -0.2) is 5.11 Å². The fraction of sp³-hybridized carbons (Fsp3) is 0. The van der Waals surface area contributed by atoms with Crippen molar-refractivity contribution in [2.45, 2.75) is 0 Å². The van der Waals surface area contributed by atoms with Crippen LogP contribution in [0.2, 0.25) is 0 Å². The quantitative estimate of drug-likeness (QED) is 0.830. The molecule has 0 saturated carbocycles. The zero-order chi connectivity index (χ0) is 11.4. The minimum absolute atomic E-state index is 0.0390. The van der Waals surface area contributed by atoms with Gasteiger partial charge in [-0.15, -0.1) is 0 Å². The predicted octanol–water partition coefficient (Wildman–Crippen LogP) is 3.06. The molecule has 3 nitrogen and oxygen atoms in total. The lowest BCUT2D eigenvalue weighted by Crippen LogP contribution is -1.85. The summed E-state index contributed by atoms with van der Waals surface area (Å²) in [6.07, 6.45) is 0. The Balaban J connectivity index is 2.27. The monoisotopic (exact) mass is 211 g/mol. The van der Waals surface area contributed by atoms with E-state index in [-0.39, 0.29) is 11.3 Å². The first-order valence-electron chi connectivity index (χ1n) is 4.75. The van der Waals surface area contributed by atoms with Crippen molar-refractivity contribution in [2.75, 3.05) is 0 Å². The molecule has 2 aromatic carbocycles.